The fraction of sp³-hybridized carbons (Fsp3) is 0.375. The molecule has 5 rings (SSSR count). The van der Waals surface area contributed by atoms with Crippen LogP contribution in [0.5, 0.6) is 11.5 Å². The van der Waals surface area contributed by atoms with E-state index >= 15 is 0 Å². The number of carbonyl (C=O) groups is 3. The molecule has 3 aliphatic rings. The standard InChI is InChI=1S/C24H24FN3O5/c1-2-3-8-28-21(31)19-16(9-12-4-7-17(29)18(30)10-12)27-24(20(19)22(28)32)14-11-13(25)5-6-15(14)26-23(24)33/h4-7,10-11,16,19-20,27,29-30H,2-3,8-9H2,1H3,(H,26,33)/t16-,19-,20+,24+/m1/s1. The number of nitrogens with zero attached hydrogens (tertiary/aromatic N) is 1. The molecule has 0 unspecified atom stereocenters. The highest BCUT2D eigenvalue weighted by Gasteiger charge is 2.70. The summed E-state index contributed by atoms with van der Waals surface area (Å²) < 4.78 is 14.2. The molecule has 4 atom stereocenters. The molecule has 4 N–H and O–H groups in total. The SMILES string of the molecule is CCCCN1C(=O)[C@H]2[C@@H](C1=O)[C@]1(N[C@@H]2Cc2ccc(O)c(O)c2)C(=O)Nc2ccc(F)cc21. The van der Waals surface area contributed by atoms with E-state index in [1.165, 1.54) is 35.2 Å². The van der Waals surface area contributed by atoms with E-state index in [-0.39, 0.29) is 30.4 Å². The van der Waals surface area contributed by atoms with Crippen molar-refractivity contribution in [2.24, 2.45) is 11.8 Å². The molecule has 0 bridgehead atoms. The zero-order valence-electron chi connectivity index (χ0n) is 18.0. The van der Waals surface area contributed by atoms with Gasteiger partial charge in [-0.3, -0.25) is 24.6 Å². The molecule has 2 saturated heterocycles. The van der Waals surface area contributed by atoms with Gasteiger partial charge in [0.15, 0.2) is 11.5 Å². The number of hydrogen-bond donors (Lipinski definition) is 4. The molecule has 2 aromatic rings. The number of phenols is 2. The number of likely N-dealkylation sites (tertiary alicyclic amines) is 1. The largest absolute Gasteiger partial charge is 0.504 e. The average molecular weight is 453 g/mol. The molecule has 2 fully saturated rings. The summed E-state index contributed by atoms with van der Waals surface area (Å²) >= 11 is 0. The number of rotatable bonds is 5. The van der Waals surface area contributed by atoms with Crippen LogP contribution in [0.4, 0.5) is 10.1 Å². The Hall–Kier alpha value is -3.46. The maximum Gasteiger partial charge on any atom is 0.250 e. The quantitative estimate of drug-likeness (QED) is 0.406. The molecule has 3 amide bonds. The molecule has 172 valence electrons. The Morgan fingerprint density at radius 1 is 1.06 bits per heavy atom. The smallest absolute Gasteiger partial charge is 0.250 e. The molecule has 3 heterocycles. The van der Waals surface area contributed by atoms with Crippen LogP contribution in [0.1, 0.15) is 30.9 Å². The van der Waals surface area contributed by atoms with Gasteiger partial charge in [-0.05, 0) is 48.7 Å². The molecular formula is C24H24FN3O5. The van der Waals surface area contributed by atoms with Crippen LogP contribution in [0.15, 0.2) is 36.4 Å². The Morgan fingerprint density at radius 2 is 1.85 bits per heavy atom. The molecule has 0 aromatic heterocycles. The van der Waals surface area contributed by atoms with E-state index in [0.717, 1.165) is 6.42 Å². The first-order valence-corrected chi connectivity index (χ1v) is 11.0. The van der Waals surface area contributed by atoms with Crippen LogP contribution in [0.25, 0.3) is 0 Å². The number of hydrogen-bond acceptors (Lipinski definition) is 6. The lowest BCUT2D eigenvalue weighted by molar-refractivity contribution is -0.142. The lowest BCUT2D eigenvalue weighted by atomic mass is 9.76. The molecular weight excluding hydrogens is 429 g/mol. The third-order valence-electron chi connectivity index (χ3n) is 7.00. The average Bonchev–Trinajstić information content (AvgIpc) is 3.34. The van der Waals surface area contributed by atoms with Crippen LogP contribution < -0.4 is 10.6 Å². The molecule has 3 aliphatic heterocycles. The lowest BCUT2D eigenvalue weighted by Gasteiger charge is -2.29. The maximum absolute atomic E-state index is 14.2. The number of carbonyl (C=O) groups excluding carboxylic acids is 3. The third-order valence-corrected chi connectivity index (χ3v) is 7.00. The summed E-state index contributed by atoms with van der Waals surface area (Å²) in [6, 6.07) is 7.63. The van der Waals surface area contributed by atoms with E-state index in [0.29, 0.717) is 23.2 Å². The van der Waals surface area contributed by atoms with E-state index in [1.54, 1.807) is 6.07 Å². The zero-order valence-corrected chi connectivity index (χ0v) is 18.0. The van der Waals surface area contributed by atoms with Gasteiger partial charge < -0.3 is 15.5 Å². The van der Waals surface area contributed by atoms with Crippen molar-refractivity contribution in [2.45, 2.75) is 37.8 Å². The number of amides is 3. The van der Waals surface area contributed by atoms with Crippen LogP contribution in [0.3, 0.4) is 0 Å². The van der Waals surface area contributed by atoms with Crippen molar-refractivity contribution >= 4 is 23.4 Å². The third kappa shape index (κ3) is 3.02. The van der Waals surface area contributed by atoms with E-state index in [4.69, 9.17) is 0 Å². The Morgan fingerprint density at radius 3 is 2.58 bits per heavy atom. The summed E-state index contributed by atoms with van der Waals surface area (Å²) in [5.41, 5.74) is -0.233. The number of aromatic hydroxyl groups is 2. The minimum absolute atomic E-state index is 0.218. The predicted octanol–water partition coefficient (Wildman–Crippen LogP) is 2.00. The fourth-order valence-corrected chi connectivity index (χ4v) is 5.50. The summed E-state index contributed by atoms with van der Waals surface area (Å²) in [6.45, 7) is 2.22. The topological polar surface area (TPSA) is 119 Å². The Balaban J connectivity index is 1.61. The van der Waals surface area contributed by atoms with Crippen LogP contribution in [-0.4, -0.2) is 45.4 Å². The van der Waals surface area contributed by atoms with E-state index < -0.39 is 41.0 Å². The Labute approximate surface area is 189 Å². The molecule has 33 heavy (non-hydrogen) atoms. The summed E-state index contributed by atoms with van der Waals surface area (Å²) in [4.78, 5) is 41.5. The summed E-state index contributed by atoms with van der Waals surface area (Å²) in [6.07, 6.45) is 1.65. The summed E-state index contributed by atoms with van der Waals surface area (Å²) in [5.74, 6) is -4.25. The maximum atomic E-state index is 14.2. The Kier molecular flexibility index (Phi) is 4.89. The molecule has 1 spiro atoms. The normalized spacial score (nSPS) is 27.9. The first kappa shape index (κ1) is 21.4. The second-order valence-corrected chi connectivity index (χ2v) is 8.92. The number of fused-ring (bicyclic) bond motifs is 4. The van der Waals surface area contributed by atoms with Crippen molar-refractivity contribution < 1.29 is 29.0 Å². The minimum Gasteiger partial charge on any atom is -0.504 e. The van der Waals surface area contributed by atoms with Gasteiger partial charge in [-0.15, -0.1) is 0 Å². The number of halogens is 1. The Bertz CT molecular complexity index is 1180. The van der Waals surface area contributed by atoms with Crippen molar-refractivity contribution in [2.75, 3.05) is 11.9 Å². The highest BCUT2D eigenvalue weighted by atomic mass is 19.1. The number of imide groups is 1. The van der Waals surface area contributed by atoms with Gasteiger partial charge in [-0.2, -0.15) is 0 Å². The van der Waals surface area contributed by atoms with Gasteiger partial charge in [0.1, 0.15) is 11.4 Å². The molecule has 8 nitrogen and oxygen atoms in total. The fourth-order valence-electron chi connectivity index (χ4n) is 5.50. The van der Waals surface area contributed by atoms with Gasteiger partial charge in [0.05, 0.1) is 11.8 Å². The van der Waals surface area contributed by atoms with Crippen molar-refractivity contribution in [3.63, 3.8) is 0 Å². The first-order chi connectivity index (χ1) is 15.8. The van der Waals surface area contributed by atoms with Crippen molar-refractivity contribution in [1.29, 1.82) is 0 Å². The van der Waals surface area contributed by atoms with Crippen LogP contribution >= 0.6 is 0 Å². The van der Waals surface area contributed by atoms with Gasteiger partial charge in [0.2, 0.25) is 17.7 Å². The van der Waals surface area contributed by atoms with Gasteiger partial charge in [-0.1, -0.05) is 19.4 Å². The summed E-state index contributed by atoms with van der Waals surface area (Å²) in [5, 5.41) is 25.5. The monoisotopic (exact) mass is 453 g/mol. The van der Waals surface area contributed by atoms with E-state index in [2.05, 4.69) is 10.6 Å². The molecule has 0 radical (unpaired) electrons. The van der Waals surface area contributed by atoms with E-state index in [9.17, 15) is 29.0 Å². The molecule has 0 saturated carbocycles. The molecule has 9 heteroatoms. The second kappa shape index (κ2) is 7.55. The number of unbranched alkanes of at least 4 members (excludes halogenated alkanes) is 1. The highest BCUT2D eigenvalue weighted by molar-refractivity contribution is 6.15. The number of anilines is 1. The van der Waals surface area contributed by atoms with Gasteiger partial charge >= 0.3 is 0 Å². The lowest BCUT2D eigenvalue weighted by Crippen LogP contribution is -2.53. The van der Waals surface area contributed by atoms with Gasteiger partial charge in [-0.25, -0.2) is 4.39 Å². The van der Waals surface area contributed by atoms with E-state index in [1.807, 2.05) is 6.92 Å². The van der Waals surface area contributed by atoms with Crippen molar-refractivity contribution in [3.8, 4) is 11.5 Å². The van der Waals surface area contributed by atoms with Crippen molar-refractivity contribution in [1.82, 2.24) is 10.2 Å². The zero-order chi connectivity index (χ0) is 23.5. The summed E-state index contributed by atoms with van der Waals surface area (Å²) in [7, 11) is 0. The van der Waals surface area contributed by atoms with Crippen LogP contribution in [0, 0.1) is 17.7 Å². The van der Waals surface area contributed by atoms with Crippen LogP contribution in [-0.2, 0) is 26.3 Å². The predicted molar refractivity (Wildman–Crippen MR) is 116 cm³/mol. The number of benzene rings is 2. The highest BCUT2D eigenvalue weighted by Crippen LogP contribution is 2.53. The first-order valence-electron chi connectivity index (χ1n) is 11.0. The van der Waals surface area contributed by atoms with Gasteiger partial charge in [0, 0.05) is 23.8 Å². The van der Waals surface area contributed by atoms with Crippen LogP contribution in [0.2, 0.25) is 0 Å². The molecule has 2 aromatic carbocycles. The number of phenolic OH excluding ortho intramolecular Hbond substituents is 2. The van der Waals surface area contributed by atoms with Crippen molar-refractivity contribution in [3.05, 3.63) is 53.3 Å². The minimum atomic E-state index is -1.57. The number of nitrogens with one attached hydrogen (secondary N) is 2. The molecule has 0 aliphatic carbocycles. The second-order valence-electron chi connectivity index (χ2n) is 8.92. The van der Waals surface area contributed by atoms with Gasteiger partial charge in [0.25, 0.3) is 0 Å².